The number of carbonyl (C=O) groups is 2. The van der Waals surface area contributed by atoms with Crippen LogP contribution in [0.2, 0.25) is 0 Å². The third kappa shape index (κ3) is 5.85. The highest BCUT2D eigenvalue weighted by molar-refractivity contribution is 5.97. The van der Waals surface area contributed by atoms with Gasteiger partial charge < -0.3 is 33.4 Å². The lowest BCUT2D eigenvalue weighted by Crippen LogP contribution is -2.56. The summed E-state index contributed by atoms with van der Waals surface area (Å²) in [4.78, 5) is 40.4. The first-order chi connectivity index (χ1) is 20.6. The summed E-state index contributed by atoms with van der Waals surface area (Å²) < 4.78 is 24.7. The van der Waals surface area contributed by atoms with Crippen molar-refractivity contribution < 1.29 is 28.5 Å². The van der Waals surface area contributed by atoms with Crippen molar-refractivity contribution in [1.29, 1.82) is 0 Å². The number of nitrogens with one attached hydrogen (secondary N) is 1. The Labute approximate surface area is 250 Å². The topological polar surface area (TPSA) is 121 Å². The number of likely N-dealkylation sites (tertiary alicyclic amines) is 1. The summed E-state index contributed by atoms with van der Waals surface area (Å²) in [7, 11) is 3.18. The first-order valence-electron chi connectivity index (χ1n) is 14.9. The Morgan fingerprint density at radius 3 is 2.49 bits per heavy atom. The number of pyridine rings is 1. The quantitative estimate of drug-likeness (QED) is 0.243. The molecule has 0 spiro atoms. The normalized spacial score (nSPS) is 16.3. The first kappa shape index (κ1) is 28.8. The Bertz CT molecular complexity index is 1670. The zero-order valence-corrected chi connectivity index (χ0v) is 25.6. The van der Waals surface area contributed by atoms with Crippen LogP contribution < -0.4 is 9.47 Å². The van der Waals surface area contributed by atoms with Gasteiger partial charge in [0.2, 0.25) is 5.88 Å². The van der Waals surface area contributed by atoms with Gasteiger partial charge in [0.15, 0.2) is 5.82 Å². The number of esters is 1. The van der Waals surface area contributed by atoms with Crippen LogP contribution in [-0.4, -0.2) is 75.5 Å². The zero-order valence-electron chi connectivity index (χ0n) is 25.6. The Morgan fingerprint density at radius 1 is 1.07 bits per heavy atom. The number of fused-ring (bicyclic) bond motifs is 2. The van der Waals surface area contributed by atoms with Crippen LogP contribution in [0.1, 0.15) is 57.3 Å². The molecule has 0 radical (unpaired) electrons. The van der Waals surface area contributed by atoms with E-state index in [4.69, 9.17) is 28.9 Å². The summed E-state index contributed by atoms with van der Waals surface area (Å²) in [5.41, 5.74) is 2.87. The van der Waals surface area contributed by atoms with E-state index in [1.54, 1.807) is 31.3 Å². The number of imidazole rings is 1. The smallest absolute Gasteiger partial charge is 0.410 e. The number of methoxy groups -OCH3 is 2. The molecule has 1 N–H and O–H groups in total. The van der Waals surface area contributed by atoms with Crippen LogP contribution in [0.15, 0.2) is 30.3 Å². The molecule has 2 aliphatic rings. The van der Waals surface area contributed by atoms with E-state index in [-0.39, 0.29) is 18.1 Å². The fraction of sp³-hybridized carbons (Fsp3) is 0.500. The number of aromatic amines is 1. The zero-order chi connectivity index (χ0) is 30.5. The second-order valence-corrected chi connectivity index (χ2v) is 12.5. The van der Waals surface area contributed by atoms with Crippen LogP contribution in [0, 0.1) is 11.8 Å². The Morgan fingerprint density at radius 2 is 1.84 bits per heavy atom. The maximum absolute atomic E-state index is 13.4. The molecule has 4 heterocycles. The van der Waals surface area contributed by atoms with Crippen LogP contribution in [0.3, 0.4) is 0 Å². The van der Waals surface area contributed by atoms with Gasteiger partial charge in [0, 0.05) is 37.0 Å². The molecule has 4 aromatic rings. The number of hydrogen-bond acceptors (Lipinski definition) is 8. The number of amides is 1. The lowest BCUT2D eigenvalue weighted by atomic mass is 9.92. The molecule has 11 heteroatoms. The lowest BCUT2D eigenvalue weighted by molar-refractivity contribution is -0.0426. The predicted octanol–water partition coefficient (Wildman–Crippen LogP) is 5.81. The van der Waals surface area contributed by atoms with Crippen molar-refractivity contribution in [2.24, 2.45) is 11.8 Å². The maximum atomic E-state index is 13.4. The van der Waals surface area contributed by atoms with Gasteiger partial charge in [-0.25, -0.2) is 14.6 Å². The minimum absolute atomic E-state index is 0.0477. The molecule has 1 atom stereocenters. The average Bonchev–Trinajstić information content (AvgIpc) is 3.55. The van der Waals surface area contributed by atoms with Gasteiger partial charge in [0.25, 0.3) is 0 Å². The van der Waals surface area contributed by atoms with Crippen molar-refractivity contribution in [3.63, 3.8) is 0 Å². The van der Waals surface area contributed by atoms with Gasteiger partial charge in [0.1, 0.15) is 28.6 Å². The predicted molar refractivity (Wildman–Crippen MR) is 161 cm³/mol. The average molecular weight is 590 g/mol. The highest BCUT2D eigenvalue weighted by Crippen LogP contribution is 2.37. The number of benzene rings is 1. The third-order valence-corrected chi connectivity index (χ3v) is 8.06. The molecule has 6 rings (SSSR count). The van der Waals surface area contributed by atoms with Crippen LogP contribution in [0.4, 0.5) is 4.79 Å². The van der Waals surface area contributed by atoms with Crippen molar-refractivity contribution in [3.05, 3.63) is 35.9 Å². The highest BCUT2D eigenvalue weighted by Gasteiger charge is 2.39. The van der Waals surface area contributed by atoms with Crippen molar-refractivity contribution >= 4 is 34.1 Å². The van der Waals surface area contributed by atoms with Gasteiger partial charge in [-0.3, -0.25) is 0 Å². The first-order valence-corrected chi connectivity index (χ1v) is 14.9. The van der Waals surface area contributed by atoms with E-state index in [9.17, 15) is 9.59 Å². The fourth-order valence-corrected chi connectivity index (χ4v) is 5.59. The molecule has 43 heavy (non-hydrogen) atoms. The van der Waals surface area contributed by atoms with Gasteiger partial charge in [-0.05, 0) is 70.2 Å². The van der Waals surface area contributed by atoms with E-state index >= 15 is 0 Å². The summed E-state index contributed by atoms with van der Waals surface area (Å²) in [6, 6.07) is 9.36. The van der Waals surface area contributed by atoms with E-state index < -0.39 is 11.6 Å². The molecule has 2 fully saturated rings. The molecular weight excluding hydrogens is 550 g/mol. The van der Waals surface area contributed by atoms with E-state index in [1.165, 1.54) is 12.8 Å². The third-order valence-electron chi connectivity index (χ3n) is 8.06. The molecule has 1 saturated heterocycles. The minimum atomic E-state index is -0.554. The van der Waals surface area contributed by atoms with E-state index in [1.807, 2.05) is 39.8 Å². The van der Waals surface area contributed by atoms with E-state index in [0.717, 1.165) is 23.3 Å². The van der Waals surface area contributed by atoms with Crippen molar-refractivity contribution in [1.82, 2.24) is 24.4 Å². The second kappa shape index (κ2) is 11.1. The highest BCUT2D eigenvalue weighted by atomic mass is 16.6. The maximum Gasteiger partial charge on any atom is 0.410 e. The molecule has 11 nitrogen and oxygen atoms in total. The van der Waals surface area contributed by atoms with Crippen LogP contribution in [0.25, 0.3) is 33.6 Å². The molecule has 1 aliphatic heterocycles. The van der Waals surface area contributed by atoms with Crippen molar-refractivity contribution in [2.75, 3.05) is 27.3 Å². The molecule has 228 valence electrons. The van der Waals surface area contributed by atoms with Crippen LogP contribution in [0.5, 0.6) is 11.6 Å². The van der Waals surface area contributed by atoms with Gasteiger partial charge in [0.05, 0.1) is 31.0 Å². The Kier molecular flexibility index (Phi) is 7.43. The molecule has 0 bridgehead atoms. The molecule has 1 aliphatic carbocycles. The van der Waals surface area contributed by atoms with Crippen LogP contribution in [-0.2, 0) is 16.0 Å². The molecule has 1 saturated carbocycles. The molecule has 1 unspecified atom stereocenters. The number of nitrogens with zero attached hydrogens (tertiary/aromatic N) is 4. The molecule has 1 amide bonds. The number of H-pyrrole nitrogens is 1. The monoisotopic (exact) mass is 589 g/mol. The van der Waals surface area contributed by atoms with Gasteiger partial charge in [-0.2, -0.15) is 4.98 Å². The fourth-order valence-electron chi connectivity index (χ4n) is 5.59. The Balaban J connectivity index is 1.25. The molecule has 3 aromatic heterocycles. The van der Waals surface area contributed by atoms with E-state index in [0.29, 0.717) is 59.5 Å². The van der Waals surface area contributed by atoms with Gasteiger partial charge in [-0.15, -0.1) is 0 Å². The van der Waals surface area contributed by atoms with Gasteiger partial charge >= 0.3 is 12.1 Å². The minimum Gasteiger partial charge on any atom is -0.494 e. The summed E-state index contributed by atoms with van der Waals surface area (Å²) in [6.07, 6.45) is 2.35. The number of ether oxygens (including phenoxy) is 4. The Hall–Kier alpha value is -4.28. The van der Waals surface area contributed by atoms with Crippen molar-refractivity contribution in [3.8, 4) is 23.1 Å². The summed E-state index contributed by atoms with van der Waals surface area (Å²) in [5.74, 6) is 1.92. The standard InChI is InChI=1S/C32H39N5O6/c1-7-24(21-16-36(17-21)31(39)43-32(2,3)4)42-30(38)20-12-22-27(25(14-20)40-5)35-28(33-22)23-13-19-10-11-26(41-6)34-29(19)37(23)15-18-8-9-18/h10-14,18,21,24H,7-9,15-17H2,1-6H3,(H,33,35). The molecular formula is C32H39N5O6. The summed E-state index contributed by atoms with van der Waals surface area (Å²) in [5, 5.41) is 1.000. The second-order valence-electron chi connectivity index (χ2n) is 12.5. The summed E-state index contributed by atoms with van der Waals surface area (Å²) in [6.45, 7) is 9.32. The number of carbonyl (C=O) groups excluding carboxylic acids is 2. The number of rotatable bonds is 9. The number of aromatic nitrogens is 4. The van der Waals surface area contributed by atoms with E-state index in [2.05, 4.69) is 15.6 Å². The number of hydrogen-bond donors (Lipinski definition) is 1. The van der Waals surface area contributed by atoms with Crippen LogP contribution >= 0.6 is 0 Å². The summed E-state index contributed by atoms with van der Waals surface area (Å²) >= 11 is 0. The SMILES string of the molecule is CCC(OC(=O)c1cc(OC)c2nc(-c3cc4ccc(OC)nc4n3CC3CC3)[nH]c2c1)C1CN(C(=O)OC(C)(C)C)C1. The lowest BCUT2D eigenvalue weighted by Gasteiger charge is -2.42. The largest absolute Gasteiger partial charge is 0.494 e. The van der Waals surface area contributed by atoms with Gasteiger partial charge in [-0.1, -0.05) is 6.92 Å². The molecule has 1 aromatic carbocycles. The van der Waals surface area contributed by atoms with Crippen molar-refractivity contribution in [2.45, 2.75) is 65.2 Å².